The van der Waals surface area contributed by atoms with Crippen molar-refractivity contribution in [2.45, 2.75) is 12.5 Å². The molecule has 1 heterocycles. The van der Waals surface area contributed by atoms with Gasteiger partial charge >= 0.3 is 0 Å². The number of anilines is 1. The van der Waals surface area contributed by atoms with Gasteiger partial charge in [-0.25, -0.2) is 4.39 Å². The average Bonchev–Trinajstić information content (AvgIpc) is 2.81. The molecule has 1 saturated heterocycles. The van der Waals surface area contributed by atoms with Gasteiger partial charge in [-0.05, 0) is 24.1 Å². The number of nitrogens with zero attached hydrogens (tertiary/aromatic N) is 1. The lowest BCUT2D eigenvalue weighted by Crippen LogP contribution is -2.30. The van der Waals surface area contributed by atoms with Crippen LogP contribution in [0.25, 0.3) is 0 Å². The summed E-state index contributed by atoms with van der Waals surface area (Å²) in [6, 6.07) is 14.5. The Labute approximate surface area is 134 Å². The summed E-state index contributed by atoms with van der Waals surface area (Å²) in [5.74, 6) is -1.34. The van der Waals surface area contributed by atoms with Crippen molar-refractivity contribution in [2.24, 2.45) is 5.73 Å². The molecule has 1 atom stereocenters. The average molecular weight is 314 g/mol. The summed E-state index contributed by atoms with van der Waals surface area (Å²) in [5.41, 5.74) is 6.91. The van der Waals surface area contributed by atoms with Gasteiger partial charge in [0.05, 0.1) is 17.4 Å². The molecule has 0 bridgehead atoms. The number of halogens is 1. The van der Waals surface area contributed by atoms with Crippen LogP contribution in [0, 0.1) is 5.82 Å². The number of hydrogen-bond acceptors (Lipinski definition) is 3. The van der Waals surface area contributed by atoms with Gasteiger partial charge in [0.2, 0.25) is 0 Å². The Morgan fingerprint density at radius 2 is 1.96 bits per heavy atom. The normalized spacial score (nSPS) is 18.5. The van der Waals surface area contributed by atoms with Gasteiger partial charge in [-0.3, -0.25) is 4.79 Å². The van der Waals surface area contributed by atoms with Gasteiger partial charge in [0.15, 0.2) is 0 Å². The Morgan fingerprint density at radius 1 is 1.17 bits per heavy atom. The number of ether oxygens (including phenoxy) is 1. The van der Waals surface area contributed by atoms with E-state index in [1.54, 1.807) is 12.1 Å². The molecule has 2 N–H and O–H groups in total. The van der Waals surface area contributed by atoms with Crippen molar-refractivity contribution in [3.05, 3.63) is 65.5 Å². The summed E-state index contributed by atoms with van der Waals surface area (Å²) in [6.45, 7) is 1.86. The summed E-state index contributed by atoms with van der Waals surface area (Å²) < 4.78 is 19.9. The fourth-order valence-corrected chi connectivity index (χ4v) is 2.93. The Morgan fingerprint density at radius 3 is 2.70 bits per heavy atom. The molecule has 1 amide bonds. The topological polar surface area (TPSA) is 55.6 Å². The van der Waals surface area contributed by atoms with Gasteiger partial charge in [0.25, 0.3) is 5.91 Å². The van der Waals surface area contributed by atoms with Crippen molar-refractivity contribution in [2.75, 3.05) is 24.6 Å². The van der Waals surface area contributed by atoms with Crippen LogP contribution >= 0.6 is 0 Å². The zero-order valence-electron chi connectivity index (χ0n) is 12.7. The molecule has 1 aliphatic rings. The fourth-order valence-electron chi connectivity index (χ4n) is 2.93. The zero-order valence-corrected chi connectivity index (χ0v) is 12.7. The van der Waals surface area contributed by atoms with Gasteiger partial charge in [-0.2, -0.15) is 0 Å². The summed E-state index contributed by atoms with van der Waals surface area (Å²) in [4.78, 5) is 13.6. The highest BCUT2D eigenvalue weighted by molar-refractivity contribution is 5.99. The Kier molecular flexibility index (Phi) is 4.57. The van der Waals surface area contributed by atoms with E-state index in [4.69, 9.17) is 10.5 Å². The van der Waals surface area contributed by atoms with Crippen LogP contribution in [-0.4, -0.2) is 25.6 Å². The maximum Gasteiger partial charge on any atom is 0.253 e. The van der Waals surface area contributed by atoms with Gasteiger partial charge in [0.1, 0.15) is 5.82 Å². The lowest BCUT2D eigenvalue weighted by atomic mass is 10.1. The van der Waals surface area contributed by atoms with E-state index in [0.717, 1.165) is 12.0 Å². The third-order valence-corrected chi connectivity index (χ3v) is 4.03. The molecular formula is C18H19FN2O2. The molecule has 4 nitrogen and oxygen atoms in total. The molecule has 1 unspecified atom stereocenters. The minimum atomic E-state index is -0.750. The molecule has 0 radical (unpaired) electrons. The second-order valence-electron chi connectivity index (χ2n) is 5.57. The summed E-state index contributed by atoms with van der Waals surface area (Å²) in [6.07, 6.45) is 0.681. The molecule has 1 fully saturated rings. The van der Waals surface area contributed by atoms with E-state index in [2.05, 4.69) is 0 Å². The standard InChI is InChI=1S/C18H19FN2O2/c19-14-8-4-9-15(17(14)18(20)22)21-10-5-11-23-16(12-21)13-6-2-1-3-7-13/h1-4,6-9,16H,5,10-12H2,(H2,20,22). The highest BCUT2D eigenvalue weighted by Gasteiger charge is 2.24. The number of rotatable bonds is 3. The quantitative estimate of drug-likeness (QED) is 0.948. The second-order valence-corrected chi connectivity index (χ2v) is 5.57. The highest BCUT2D eigenvalue weighted by Crippen LogP contribution is 2.29. The van der Waals surface area contributed by atoms with Gasteiger partial charge in [-0.1, -0.05) is 36.4 Å². The van der Waals surface area contributed by atoms with Crippen LogP contribution in [0.5, 0.6) is 0 Å². The summed E-state index contributed by atoms with van der Waals surface area (Å²) in [5, 5.41) is 0. The third kappa shape index (κ3) is 3.35. The third-order valence-electron chi connectivity index (χ3n) is 4.03. The first-order valence-electron chi connectivity index (χ1n) is 7.66. The van der Waals surface area contributed by atoms with Gasteiger partial charge in [-0.15, -0.1) is 0 Å². The first kappa shape index (κ1) is 15.5. The largest absolute Gasteiger partial charge is 0.372 e. The number of nitrogens with two attached hydrogens (primary N) is 1. The van der Waals surface area contributed by atoms with Crippen molar-refractivity contribution in [3.8, 4) is 0 Å². The van der Waals surface area contributed by atoms with Crippen LogP contribution < -0.4 is 10.6 Å². The van der Waals surface area contributed by atoms with E-state index in [0.29, 0.717) is 25.4 Å². The van der Waals surface area contributed by atoms with Gasteiger partial charge in [0, 0.05) is 19.7 Å². The van der Waals surface area contributed by atoms with Crippen LogP contribution in [0.4, 0.5) is 10.1 Å². The van der Waals surface area contributed by atoms with E-state index in [1.165, 1.54) is 6.07 Å². The first-order chi connectivity index (χ1) is 11.2. The molecule has 2 aromatic rings. The lowest BCUT2D eigenvalue weighted by molar-refractivity contribution is 0.0686. The predicted molar refractivity (Wildman–Crippen MR) is 86.9 cm³/mol. The maximum absolute atomic E-state index is 14.0. The molecule has 0 saturated carbocycles. The molecule has 3 rings (SSSR count). The monoisotopic (exact) mass is 314 g/mol. The summed E-state index contributed by atoms with van der Waals surface area (Å²) in [7, 11) is 0. The van der Waals surface area contributed by atoms with Gasteiger partial charge < -0.3 is 15.4 Å². The van der Waals surface area contributed by atoms with Crippen molar-refractivity contribution in [1.82, 2.24) is 0 Å². The van der Waals surface area contributed by atoms with Crippen molar-refractivity contribution < 1.29 is 13.9 Å². The molecule has 2 aromatic carbocycles. The zero-order chi connectivity index (χ0) is 16.2. The second kappa shape index (κ2) is 6.79. The molecule has 23 heavy (non-hydrogen) atoms. The molecule has 0 aromatic heterocycles. The van der Waals surface area contributed by atoms with Crippen LogP contribution in [-0.2, 0) is 4.74 Å². The predicted octanol–water partition coefficient (Wildman–Crippen LogP) is 2.89. The first-order valence-corrected chi connectivity index (χ1v) is 7.66. The highest BCUT2D eigenvalue weighted by atomic mass is 19.1. The maximum atomic E-state index is 14.0. The van der Waals surface area contributed by atoms with Crippen LogP contribution in [0.2, 0.25) is 0 Å². The molecular weight excluding hydrogens is 295 g/mol. The SMILES string of the molecule is NC(=O)c1c(F)cccc1N1CCCOC(c2ccccc2)C1. The minimum Gasteiger partial charge on any atom is -0.372 e. The number of hydrogen-bond donors (Lipinski definition) is 1. The van der Waals surface area contributed by atoms with E-state index in [-0.39, 0.29) is 11.7 Å². The van der Waals surface area contributed by atoms with E-state index >= 15 is 0 Å². The number of carbonyl (C=O) groups excluding carboxylic acids is 1. The van der Waals surface area contributed by atoms with E-state index in [1.807, 2.05) is 35.2 Å². The molecule has 120 valence electrons. The smallest absolute Gasteiger partial charge is 0.253 e. The Balaban J connectivity index is 1.93. The van der Waals surface area contributed by atoms with Crippen LogP contribution in [0.3, 0.4) is 0 Å². The van der Waals surface area contributed by atoms with Crippen LogP contribution in [0.15, 0.2) is 48.5 Å². The molecule has 5 heteroatoms. The number of primary amides is 1. The minimum absolute atomic E-state index is 0.0544. The Bertz CT molecular complexity index is 691. The number of benzene rings is 2. The Hall–Kier alpha value is -2.40. The van der Waals surface area contributed by atoms with Crippen molar-refractivity contribution in [1.29, 1.82) is 0 Å². The lowest BCUT2D eigenvalue weighted by Gasteiger charge is -2.27. The number of amides is 1. The van der Waals surface area contributed by atoms with E-state index in [9.17, 15) is 9.18 Å². The van der Waals surface area contributed by atoms with Crippen LogP contribution in [0.1, 0.15) is 28.4 Å². The molecule has 0 spiro atoms. The molecule has 1 aliphatic heterocycles. The molecule has 0 aliphatic carbocycles. The summed E-state index contributed by atoms with van der Waals surface area (Å²) >= 11 is 0. The number of carbonyl (C=O) groups is 1. The fraction of sp³-hybridized carbons (Fsp3) is 0.278. The van der Waals surface area contributed by atoms with E-state index < -0.39 is 11.7 Å². The van der Waals surface area contributed by atoms with Crippen molar-refractivity contribution >= 4 is 11.6 Å². The van der Waals surface area contributed by atoms with Crippen molar-refractivity contribution in [3.63, 3.8) is 0 Å².